The van der Waals surface area contributed by atoms with E-state index in [9.17, 15) is 9.90 Å². The summed E-state index contributed by atoms with van der Waals surface area (Å²) in [6.45, 7) is 6.63. The lowest BCUT2D eigenvalue weighted by Gasteiger charge is -2.39. The molecule has 0 fully saturated rings. The number of hydrogen-bond acceptors (Lipinski definition) is 6. The summed E-state index contributed by atoms with van der Waals surface area (Å²) in [6, 6.07) is 15.3. The summed E-state index contributed by atoms with van der Waals surface area (Å²) < 4.78 is 5.73. The second-order valence-electron chi connectivity index (χ2n) is 8.98. The number of amides is 1. The fraction of sp³-hybridized carbons (Fsp3) is 0.462. The zero-order valence-corrected chi connectivity index (χ0v) is 19.6. The molecule has 2 aliphatic heterocycles. The van der Waals surface area contributed by atoms with Crippen LogP contribution >= 0.6 is 0 Å². The zero-order chi connectivity index (χ0) is 23.6. The number of fused-ring (bicyclic) bond motifs is 1. The van der Waals surface area contributed by atoms with Crippen LogP contribution in [0.15, 0.2) is 53.5 Å². The molecule has 0 saturated carbocycles. The summed E-state index contributed by atoms with van der Waals surface area (Å²) in [6.07, 6.45) is 1.83. The lowest BCUT2D eigenvalue weighted by atomic mass is 9.87. The summed E-state index contributed by atoms with van der Waals surface area (Å²) in [5.41, 5.74) is 8.56. The van der Waals surface area contributed by atoms with Crippen LogP contribution in [0.1, 0.15) is 81.5 Å². The average molecular weight is 451 g/mol. The van der Waals surface area contributed by atoms with E-state index >= 15 is 0 Å². The lowest BCUT2D eigenvalue weighted by Crippen LogP contribution is -2.52. The van der Waals surface area contributed by atoms with Gasteiger partial charge in [0.2, 0.25) is 5.91 Å². The number of carbonyl (C=O) groups excluding carboxylic acids is 1. The summed E-state index contributed by atoms with van der Waals surface area (Å²) >= 11 is 0. The second kappa shape index (κ2) is 9.53. The van der Waals surface area contributed by atoms with Crippen molar-refractivity contribution < 1.29 is 14.6 Å². The standard InChI is InChI=1S/C26H34N4O3/c1-4-26(5-2)16-23(31)30(25(27)29-26)17(3)18-9-8-10-19(15-18)24(32)28-21-13-14-33-22-12-7-6-11-20(21)22/h6-12,15,17,21,24,28,32H,4-5,13-14,16H2,1-3H3,(H2,27,29)/t17?,21-,24?/m0/s1. The van der Waals surface area contributed by atoms with Gasteiger partial charge in [0, 0.05) is 18.0 Å². The predicted octanol–water partition coefficient (Wildman–Crippen LogP) is 3.96. The van der Waals surface area contributed by atoms with Gasteiger partial charge in [0.25, 0.3) is 0 Å². The highest BCUT2D eigenvalue weighted by atomic mass is 16.5. The third-order valence-corrected chi connectivity index (χ3v) is 7.08. The Morgan fingerprint density at radius 1 is 1.21 bits per heavy atom. The number of aliphatic hydroxyl groups excluding tert-OH is 1. The van der Waals surface area contributed by atoms with Crippen molar-refractivity contribution in [3.8, 4) is 5.75 Å². The minimum absolute atomic E-state index is 0.00584. The third-order valence-electron chi connectivity index (χ3n) is 7.08. The topological polar surface area (TPSA) is 100 Å². The minimum Gasteiger partial charge on any atom is -0.493 e. The first-order chi connectivity index (χ1) is 15.9. The van der Waals surface area contributed by atoms with E-state index in [1.807, 2.05) is 69.3 Å². The van der Waals surface area contributed by atoms with Crippen molar-refractivity contribution >= 4 is 11.9 Å². The molecule has 4 rings (SSSR count). The van der Waals surface area contributed by atoms with Gasteiger partial charge < -0.3 is 15.6 Å². The van der Waals surface area contributed by atoms with Crippen LogP contribution in [0.2, 0.25) is 0 Å². The summed E-state index contributed by atoms with van der Waals surface area (Å²) in [4.78, 5) is 19.3. The molecule has 0 spiro atoms. The summed E-state index contributed by atoms with van der Waals surface area (Å²) in [7, 11) is 0. The van der Waals surface area contributed by atoms with E-state index in [4.69, 9.17) is 15.5 Å². The number of rotatable bonds is 7. The van der Waals surface area contributed by atoms with Crippen LogP contribution in [-0.4, -0.2) is 34.0 Å². The number of guanidine groups is 1. The maximum absolute atomic E-state index is 13.0. The van der Waals surface area contributed by atoms with Gasteiger partial charge in [0.15, 0.2) is 5.96 Å². The molecular formula is C26H34N4O3. The van der Waals surface area contributed by atoms with E-state index < -0.39 is 11.8 Å². The largest absolute Gasteiger partial charge is 0.493 e. The van der Waals surface area contributed by atoms with E-state index in [-0.39, 0.29) is 24.0 Å². The number of aliphatic hydroxyl groups is 1. The van der Waals surface area contributed by atoms with Gasteiger partial charge in [0.1, 0.15) is 12.0 Å². The molecule has 0 bridgehead atoms. The molecule has 2 heterocycles. The van der Waals surface area contributed by atoms with Crippen molar-refractivity contribution in [2.75, 3.05) is 6.61 Å². The fourth-order valence-electron chi connectivity index (χ4n) is 4.84. The van der Waals surface area contributed by atoms with Crippen LogP contribution in [0.3, 0.4) is 0 Å². The molecular weight excluding hydrogens is 416 g/mol. The molecule has 0 aliphatic carbocycles. The molecule has 7 heteroatoms. The summed E-state index contributed by atoms with van der Waals surface area (Å²) in [5, 5.41) is 14.3. The number of aliphatic imine (C=N–C) groups is 1. The Morgan fingerprint density at radius 3 is 2.67 bits per heavy atom. The van der Waals surface area contributed by atoms with E-state index in [0.717, 1.165) is 41.7 Å². The molecule has 1 amide bonds. The third kappa shape index (κ3) is 4.61. The van der Waals surface area contributed by atoms with Gasteiger partial charge in [-0.15, -0.1) is 0 Å². The molecule has 4 N–H and O–H groups in total. The second-order valence-corrected chi connectivity index (χ2v) is 8.98. The van der Waals surface area contributed by atoms with Gasteiger partial charge in [-0.25, -0.2) is 4.99 Å². The van der Waals surface area contributed by atoms with E-state index in [0.29, 0.717) is 13.0 Å². The zero-order valence-electron chi connectivity index (χ0n) is 19.6. The first kappa shape index (κ1) is 23.3. The van der Waals surface area contributed by atoms with Gasteiger partial charge in [-0.2, -0.15) is 0 Å². The highest BCUT2D eigenvalue weighted by Crippen LogP contribution is 2.35. The van der Waals surface area contributed by atoms with Crippen molar-refractivity contribution in [2.24, 2.45) is 10.7 Å². The molecule has 2 aliphatic rings. The lowest BCUT2D eigenvalue weighted by molar-refractivity contribution is -0.131. The van der Waals surface area contributed by atoms with Gasteiger partial charge in [-0.3, -0.25) is 15.0 Å². The molecule has 3 atom stereocenters. The van der Waals surface area contributed by atoms with Crippen molar-refractivity contribution in [2.45, 2.75) is 70.3 Å². The average Bonchev–Trinajstić information content (AvgIpc) is 2.83. The van der Waals surface area contributed by atoms with Crippen molar-refractivity contribution in [1.82, 2.24) is 10.2 Å². The number of nitrogens with zero attached hydrogens (tertiary/aromatic N) is 2. The minimum atomic E-state index is -0.857. The molecule has 2 aromatic rings. The maximum atomic E-state index is 13.0. The highest BCUT2D eigenvalue weighted by Gasteiger charge is 2.39. The van der Waals surface area contributed by atoms with E-state index in [2.05, 4.69) is 5.32 Å². The Kier molecular flexibility index (Phi) is 6.72. The number of carbonyl (C=O) groups is 1. The molecule has 2 aromatic carbocycles. The number of nitrogens with two attached hydrogens (primary N) is 1. The number of para-hydroxylation sites is 1. The monoisotopic (exact) mass is 450 g/mol. The van der Waals surface area contributed by atoms with Crippen LogP contribution < -0.4 is 15.8 Å². The first-order valence-electron chi connectivity index (χ1n) is 11.8. The van der Waals surface area contributed by atoms with Crippen LogP contribution in [0.5, 0.6) is 5.75 Å². The number of nitrogens with one attached hydrogen (secondary N) is 1. The molecule has 7 nitrogen and oxygen atoms in total. The molecule has 33 heavy (non-hydrogen) atoms. The quantitative estimate of drug-likeness (QED) is 0.555. The van der Waals surface area contributed by atoms with Crippen LogP contribution in [0.4, 0.5) is 0 Å². The molecule has 0 saturated heterocycles. The SMILES string of the molecule is CCC1(CC)CC(=O)N(C(C)c2cccc(C(O)N[C@H]3CCOc4ccccc43)c2)C(N)=N1. The molecule has 0 radical (unpaired) electrons. The van der Waals surface area contributed by atoms with Crippen LogP contribution in [0, 0.1) is 0 Å². The number of benzene rings is 2. The van der Waals surface area contributed by atoms with Gasteiger partial charge in [0.05, 0.1) is 24.6 Å². The van der Waals surface area contributed by atoms with E-state index in [1.54, 1.807) is 4.90 Å². The Balaban J connectivity index is 1.53. The number of hydrogen-bond donors (Lipinski definition) is 3. The van der Waals surface area contributed by atoms with Crippen molar-refractivity contribution in [3.63, 3.8) is 0 Å². The van der Waals surface area contributed by atoms with Gasteiger partial charge in [-0.05, 0) is 43.0 Å². The van der Waals surface area contributed by atoms with Crippen molar-refractivity contribution in [1.29, 1.82) is 0 Å². The normalized spacial score (nSPS) is 21.6. The molecule has 2 unspecified atom stereocenters. The molecule has 0 aromatic heterocycles. The fourth-order valence-corrected chi connectivity index (χ4v) is 4.84. The maximum Gasteiger partial charge on any atom is 0.232 e. The number of ether oxygens (including phenoxy) is 1. The van der Waals surface area contributed by atoms with Crippen LogP contribution in [0.25, 0.3) is 0 Å². The van der Waals surface area contributed by atoms with Crippen LogP contribution in [-0.2, 0) is 4.79 Å². The smallest absolute Gasteiger partial charge is 0.232 e. The Labute approximate surface area is 195 Å². The predicted molar refractivity (Wildman–Crippen MR) is 129 cm³/mol. The highest BCUT2D eigenvalue weighted by molar-refractivity contribution is 5.99. The van der Waals surface area contributed by atoms with Gasteiger partial charge >= 0.3 is 0 Å². The summed E-state index contributed by atoms with van der Waals surface area (Å²) in [5.74, 6) is 1.11. The Morgan fingerprint density at radius 2 is 1.94 bits per heavy atom. The van der Waals surface area contributed by atoms with Crippen molar-refractivity contribution in [3.05, 3.63) is 65.2 Å². The Bertz CT molecular complexity index is 1030. The first-order valence-corrected chi connectivity index (χ1v) is 11.8. The van der Waals surface area contributed by atoms with Gasteiger partial charge in [-0.1, -0.05) is 50.2 Å². The van der Waals surface area contributed by atoms with E-state index in [1.165, 1.54) is 0 Å². The molecule has 176 valence electrons. The Hall–Kier alpha value is -2.90.